The quantitative estimate of drug-likeness (QED) is 0.856. The summed E-state index contributed by atoms with van der Waals surface area (Å²) in [7, 11) is 0. The van der Waals surface area contributed by atoms with Crippen molar-refractivity contribution >= 4 is 0 Å². The van der Waals surface area contributed by atoms with Crippen molar-refractivity contribution in [2.45, 2.75) is 58.5 Å². The first-order valence-electron chi connectivity index (χ1n) is 6.72. The number of imidazole rings is 1. The first-order valence-corrected chi connectivity index (χ1v) is 6.72. The minimum Gasteiger partial charge on any atom is -0.330 e. The van der Waals surface area contributed by atoms with Crippen LogP contribution in [0, 0.1) is 11.8 Å². The lowest BCUT2D eigenvalue weighted by Crippen LogP contribution is -2.35. The van der Waals surface area contributed by atoms with E-state index < -0.39 is 0 Å². The average Bonchev–Trinajstić information content (AvgIpc) is 2.70. The molecule has 2 rings (SSSR count). The first-order chi connectivity index (χ1) is 7.91. The van der Waals surface area contributed by atoms with Gasteiger partial charge in [-0.05, 0) is 32.1 Å². The standard InChI is InChI=1S/C14H25N3/c1-10-6-5-7-12(11(10)2)17-9-16-8-13(17)14(3,4)15/h8-12H,5-7,15H2,1-4H3. The van der Waals surface area contributed by atoms with Gasteiger partial charge in [-0.3, -0.25) is 0 Å². The van der Waals surface area contributed by atoms with E-state index in [0.717, 1.165) is 11.6 Å². The molecule has 1 aliphatic rings. The lowest BCUT2D eigenvalue weighted by Gasteiger charge is -2.37. The number of nitrogens with zero attached hydrogens (tertiary/aromatic N) is 2. The first kappa shape index (κ1) is 12.6. The zero-order valence-electron chi connectivity index (χ0n) is 11.5. The van der Waals surface area contributed by atoms with Crippen molar-refractivity contribution in [1.29, 1.82) is 0 Å². The molecule has 0 radical (unpaired) electrons. The average molecular weight is 235 g/mol. The van der Waals surface area contributed by atoms with Crippen molar-refractivity contribution in [3.05, 3.63) is 18.2 Å². The van der Waals surface area contributed by atoms with E-state index in [2.05, 4.69) is 37.2 Å². The fraction of sp³-hybridized carbons (Fsp3) is 0.786. The Hall–Kier alpha value is -0.830. The van der Waals surface area contributed by atoms with Gasteiger partial charge in [0.05, 0.1) is 17.6 Å². The Balaban J connectivity index is 2.31. The van der Waals surface area contributed by atoms with E-state index in [4.69, 9.17) is 5.73 Å². The largest absolute Gasteiger partial charge is 0.330 e. The van der Waals surface area contributed by atoms with Crippen molar-refractivity contribution < 1.29 is 0 Å². The topological polar surface area (TPSA) is 43.8 Å². The van der Waals surface area contributed by atoms with Gasteiger partial charge in [-0.15, -0.1) is 0 Å². The maximum Gasteiger partial charge on any atom is 0.0951 e. The number of hydrogen-bond acceptors (Lipinski definition) is 2. The van der Waals surface area contributed by atoms with Gasteiger partial charge in [0, 0.05) is 12.2 Å². The molecule has 3 nitrogen and oxygen atoms in total. The molecule has 1 fully saturated rings. The summed E-state index contributed by atoms with van der Waals surface area (Å²) in [5.41, 5.74) is 7.08. The van der Waals surface area contributed by atoms with Gasteiger partial charge >= 0.3 is 0 Å². The second kappa shape index (κ2) is 4.45. The predicted molar refractivity (Wildman–Crippen MR) is 70.7 cm³/mol. The Bertz CT molecular complexity index is 375. The van der Waals surface area contributed by atoms with Crippen molar-refractivity contribution in [3.63, 3.8) is 0 Å². The van der Waals surface area contributed by atoms with Crippen LogP contribution in [0.15, 0.2) is 12.5 Å². The van der Waals surface area contributed by atoms with Gasteiger partial charge in [0.25, 0.3) is 0 Å². The third-order valence-electron chi connectivity index (χ3n) is 4.35. The molecule has 1 aromatic rings. The lowest BCUT2D eigenvalue weighted by atomic mass is 9.77. The van der Waals surface area contributed by atoms with Crippen LogP contribution in [0.25, 0.3) is 0 Å². The maximum absolute atomic E-state index is 6.23. The van der Waals surface area contributed by atoms with Crippen molar-refractivity contribution in [2.75, 3.05) is 0 Å². The Labute approximate surface area is 104 Å². The summed E-state index contributed by atoms with van der Waals surface area (Å²) in [4.78, 5) is 4.31. The van der Waals surface area contributed by atoms with Crippen LogP contribution in [0.3, 0.4) is 0 Å². The van der Waals surface area contributed by atoms with Gasteiger partial charge in [-0.2, -0.15) is 0 Å². The predicted octanol–water partition coefficient (Wildman–Crippen LogP) is 3.07. The Morgan fingerprint density at radius 3 is 2.71 bits per heavy atom. The molecular formula is C14H25N3. The molecule has 0 amide bonds. The third-order valence-corrected chi connectivity index (χ3v) is 4.35. The number of aromatic nitrogens is 2. The molecule has 0 aromatic carbocycles. The van der Waals surface area contributed by atoms with Gasteiger partial charge in [0.15, 0.2) is 0 Å². The SMILES string of the molecule is CC1CCCC(n2cncc2C(C)(C)N)C1C. The number of nitrogens with two attached hydrogens (primary N) is 1. The Kier molecular flexibility index (Phi) is 3.30. The molecule has 1 saturated carbocycles. The molecule has 3 heteroatoms. The van der Waals surface area contributed by atoms with Crippen LogP contribution in [0.5, 0.6) is 0 Å². The van der Waals surface area contributed by atoms with Crippen LogP contribution < -0.4 is 5.73 Å². The van der Waals surface area contributed by atoms with Gasteiger partial charge in [-0.25, -0.2) is 4.98 Å². The zero-order valence-corrected chi connectivity index (χ0v) is 11.5. The summed E-state index contributed by atoms with van der Waals surface area (Å²) < 4.78 is 2.32. The molecule has 0 spiro atoms. The van der Waals surface area contributed by atoms with E-state index in [9.17, 15) is 0 Å². The van der Waals surface area contributed by atoms with E-state index in [0.29, 0.717) is 12.0 Å². The molecular weight excluding hydrogens is 210 g/mol. The molecule has 3 atom stereocenters. The zero-order chi connectivity index (χ0) is 12.6. The van der Waals surface area contributed by atoms with E-state index in [1.807, 2.05) is 12.5 Å². The molecule has 1 aromatic heterocycles. The molecule has 17 heavy (non-hydrogen) atoms. The smallest absolute Gasteiger partial charge is 0.0951 e. The highest BCUT2D eigenvalue weighted by Gasteiger charge is 2.31. The summed E-state index contributed by atoms with van der Waals surface area (Å²) in [5, 5.41) is 0. The Morgan fingerprint density at radius 2 is 2.06 bits per heavy atom. The highest BCUT2D eigenvalue weighted by Crippen LogP contribution is 2.39. The lowest BCUT2D eigenvalue weighted by molar-refractivity contribution is 0.179. The molecule has 0 aliphatic heterocycles. The third kappa shape index (κ3) is 2.39. The van der Waals surface area contributed by atoms with Gasteiger partial charge in [0.2, 0.25) is 0 Å². The second-order valence-corrected chi connectivity index (χ2v) is 6.24. The van der Waals surface area contributed by atoms with Crippen LogP contribution in [0.1, 0.15) is 58.7 Å². The van der Waals surface area contributed by atoms with Gasteiger partial charge in [-0.1, -0.05) is 26.7 Å². The normalized spacial score (nSPS) is 30.5. The highest BCUT2D eigenvalue weighted by molar-refractivity contribution is 5.11. The highest BCUT2D eigenvalue weighted by atomic mass is 15.1. The van der Waals surface area contributed by atoms with Crippen LogP contribution in [-0.2, 0) is 5.54 Å². The molecule has 0 bridgehead atoms. The summed E-state index contributed by atoms with van der Waals surface area (Å²) in [6.45, 7) is 8.83. The fourth-order valence-electron chi connectivity index (χ4n) is 3.01. The summed E-state index contributed by atoms with van der Waals surface area (Å²) in [5.74, 6) is 1.50. The van der Waals surface area contributed by atoms with E-state index in [1.165, 1.54) is 19.3 Å². The monoisotopic (exact) mass is 235 g/mol. The van der Waals surface area contributed by atoms with Crippen molar-refractivity contribution in [2.24, 2.45) is 17.6 Å². The number of hydrogen-bond donors (Lipinski definition) is 1. The van der Waals surface area contributed by atoms with E-state index in [1.54, 1.807) is 0 Å². The summed E-state index contributed by atoms with van der Waals surface area (Å²) in [6.07, 6.45) is 7.81. The van der Waals surface area contributed by atoms with Crippen LogP contribution >= 0.6 is 0 Å². The van der Waals surface area contributed by atoms with E-state index in [-0.39, 0.29) is 5.54 Å². The van der Waals surface area contributed by atoms with Crippen molar-refractivity contribution in [1.82, 2.24) is 9.55 Å². The molecule has 3 unspecified atom stereocenters. The van der Waals surface area contributed by atoms with Crippen LogP contribution in [0.2, 0.25) is 0 Å². The minimum atomic E-state index is -0.309. The molecule has 96 valence electrons. The molecule has 1 aliphatic carbocycles. The molecule has 0 saturated heterocycles. The fourth-order valence-corrected chi connectivity index (χ4v) is 3.01. The van der Waals surface area contributed by atoms with Crippen LogP contribution in [-0.4, -0.2) is 9.55 Å². The minimum absolute atomic E-state index is 0.309. The maximum atomic E-state index is 6.23. The molecule has 2 N–H and O–H groups in total. The Morgan fingerprint density at radius 1 is 1.35 bits per heavy atom. The van der Waals surface area contributed by atoms with Crippen molar-refractivity contribution in [3.8, 4) is 0 Å². The summed E-state index contributed by atoms with van der Waals surface area (Å²) in [6, 6.07) is 0.569. The van der Waals surface area contributed by atoms with Crippen LogP contribution in [0.4, 0.5) is 0 Å². The molecule has 1 heterocycles. The number of rotatable bonds is 2. The van der Waals surface area contributed by atoms with E-state index >= 15 is 0 Å². The summed E-state index contributed by atoms with van der Waals surface area (Å²) >= 11 is 0. The van der Waals surface area contributed by atoms with Gasteiger partial charge < -0.3 is 10.3 Å². The second-order valence-electron chi connectivity index (χ2n) is 6.24. The van der Waals surface area contributed by atoms with Gasteiger partial charge in [0.1, 0.15) is 0 Å².